The second-order valence-corrected chi connectivity index (χ2v) is 5.60. The monoisotopic (exact) mass is 297 g/mol. The van der Waals surface area contributed by atoms with Crippen LogP contribution in [0.2, 0.25) is 0 Å². The maximum absolute atomic E-state index is 3.86. The van der Waals surface area contributed by atoms with Crippen molar-refractivity contribution in [1.82, 2.24) is 24.6 Å². The summed E-state index contributed by atoms with van der Waals surface area (Å²) in [6, 6.07) is 6.60. The normalized spacial score (nSPS) is 11.6. The standard InChI is InChI=1S/C17H23N5/c1-3-21(4-2)8-7-15-10-18-17-6-5-14(9-16(15)17)11-22-12-19-20-13-22/h5-6,9-10,12-13,18H,3-4,7-8,11H2,1-2H3. The Balaban J connectivity index is 1.79. The van der Waals surface area contributed by atoms with Crippen molar-refractivity contribution in [3.63, 3.8) is 0 Å². The number of H-pyrrole nitrogens is 1. The van der Waals surface area contributed by atoms with Crippen molar-refractivity contribution in [3.05, 3.63) is 48.2 Å². The molecule has 2 aromatic heterocycles. The third-order valence-corrected chi connectivity index (χ3v) is 4.26. The lowest BCUT2D eigenvalue weighted by Gasteiger charge is -2.17. The molecular weight excluding hydrogens is 274 g/mol. The van der Waals surface area contributed by atoms with Crippen LogP contribution in [-0.4, -0.2) is 44.3 Å². The van der Waals surface area contributed by atoms with Gasteiger partial charge in [-0.25, -0.2) is 0 Å². The zero-order chi connectivity index (χ0) is 15.4. The number of benzene rings is 1. The van der Waals surface area contributed by atoms with Gasteiger partial charge in [-0.3, -0.25) is 0 Å². The van der Waals surface area contributed by atoms with Gasteiger partial charge in [0.25, 0.3) is 0 Å². The molecule has 5 nitrogen and oxygen atoms in total. The molecule has 0 spiro atoms. The van der Waals surface area contributed by atoms with E-state index in [4.69, 9.17) is 0 Å². The van der Waals surface area contributed by atoms with Gasteiger partial charge in [-0.2, -0.15) is 0 Å². The number of hydrogen-bond donors (Lipinski definition) is 1. The average Bonchev–Trinajstić information content (AvgIpc) is 3.18. The SMILES string of the molecule is CCN(CC)CCc1c[nH]c2ccc(Cn3cnnc3)cc12. The van der Waals surface area contributed by atoms with Crippen molar-refractivity contribution >= 4 is 10.9 Å². The van der Waals surface area contributed by atoms with Crippen molar-refractivity contribution < 1.29 is 0 Å². The van der Waals surface area contributed by atoms with Crippen LogP contribution in [0.25, 0.3) is 10.9 Å². The molecule has 116 valence electrons. The summed E-state index contributed by atoms with van der Waals surface area (Å²) in [5, 5.41) is 9.05. The summed E-state index contributed by atoms with van der Waals surface area (Å²) in [6.07, 6.45) is 6.74. The Bertz CT molecular complexity index is 710. The number of aromatic nitrogens is 4. The summed E-state index contributed by atoms with van der Waals surface area (Å²) >= 11 is 0. The van der Waals surface area contributed by atoms with E-state index in [0.29, 0.717) is 0 Å². The van der Waals surface area contributed by atoms with E-state index in [1.165, 1.54) is 22.0 Å². The second kappa shape index (κ2) is 6.75. The van der Waals surface area contributed by atoms with Crippen LogP contribution in [0, 0.1) is 0 Å². The van der Waals surface area contributed by atoms with Gasteiger partial charge in [0.1, 0.15) is 12.7 Å². The molecule has 3 aromatic rings. The molecule has 0 saturated carbocycles. The quantitative estimate of drug-likeness (QED) is 0.729. The zero-order valence-corrected chi connectivity index (χ0v) is 13.3. The molecule has 0 amide bonds. The van der Waals surface area contributed by atoms with Crippen LogP contribution in [-0.2, 0) is 13.0 Å². The Labute approximate surface area is 131 Å². The van der Waals surface area contributed by atoms with E-state index in [-0.39, 0.29) is 0 Å². The van der Waals surface area contributed by atoms with Crippen LogP contribution >= 0.6 is 0 Å². The van der Waals surface area contributed by atoms with Crippen LogP contribution in [0.3, 0.4) is 0 Å². The number of fused-ring (bicyclic) bond motifs is 1. The molecule has 0 saturated heterocycles. The third-order valence-electron chi connectivity index (χ3n) is 4.26. The van der Waals surface area contributed by atoms with Gasteiger partial charge in [0.05, 0.1) is 6.54 Å². The topological polar surface area (TPSA) is 49.7 Å². The highest BCUT2D eigenvalue weighted by Gasteiger charge is 2.07. The van der Waals surface area contributed by atoms with Crippen molar-refractivity contribution in [2.24, 2.45) is 0 Å². The molecule has 5 heteroatoms. The fourth-order valence-electron chi connectivity index (χ4n) is 2.86. The molecule has 0 unspecified atom stereocenters. The van der Waals surface area contributed by atoms with Gasteiger partial charge in [-0.15, -0.1) is 10.2 Å². The summed E-state index contributed by atoms with van der Waals surface area (Å²) in [5.74, 6) is 0. The zero-order valence-electron chi connectivity index (χ0n) is 13.3. The van der Waals surface area contributed by atoms with Crippen LogP contribution in [0.5, 0.6) is 0 Å². The molecule has 2 heterocycles. The molecule has 0 atom stereocenters. The highest BCUT2D eigenvalue weighted by atomic mass is 15.2. The first-order valence-corrected chi connectivity index (χ1v) is 7.93. The molecule has 0 aliphatic heterocycles. The number of nitrogens with one attached hydrogen (secondary N) is 1. The van der Waals surface area contributed by atoms with Crippen molar-refractivity contribution in [3.8, 4) is 0 Å². The lowest BCUT2D eigenvalue weighted by atomic mass is 10.1. The van der Waals surface area contributed by atoms with E-state index in [1.54, 1.807) is 12.7 Å². The van der Waals surface area contributed by atoms with Gasteiger partial charge in [0.2, 0.25) is 0 Å². The highest BCUT2D eigenvalue weighted by Crippen LogP contribution is 2.21. The maximum atomic E-state index is 3.86. The minimum Gasteiger partial charge on any atom is -0.361 e. The van der Waals surface area contributed by atoms with Crippen molar-refractivity contribution in [1.29, 1.82) is 0 Å². The summed E-state index contributed by atoms with van der Waals surface area (Å²) < 4.78 is 1.99. The number of hydrogen-bond acceptors (Lipinski definition) is 3. The molecule has 0 aliphatic rings. The van der Waals surface area contributed by atoms with E-state index in [2.05, 4.69) is 58.3 Å². The molecule has 22 heavy (non-hydrogen) atoms. The largest absolute Gasteiger partial charge is 0.361 e. The van der Waals surface area contributed by atoms with Crippen LogP contribution < -0.4 is 0 Å². The van der Waals surface area contributed by atoms with E-state index < -0.39 is 0 Å². The minimum absolute atomic E-state index is 0.809. The lowest BCUT2D eigenvalue weighted by Crippen LogP contribution is -2.25. The predicted molar refractivity (Wildman–Crippen MR) is 88.9 cm³/mol. The van der Waals surface area contributed by atoms with Gasteiger partial charge in [-0.1, -0.05) is 19.9 Å². The summed E-state index contributed by atoms with van der Waals surface area (Å²) in [5.41, 5.74) is 3.88. The molecule has 3 rings (SSSR count). The van der Waals surface area contributed by atoms with E-state index in [0.717, 1.165) is 32.6 Å². The summed E-state index contributed by atoms with van der Waals surface area (Å²) in [7, 11) is 0. The molecule has 0 radical (unpaired) electrons. The van der Waals surface area contributed by atoms with Crippen LogP contribution in [0.15, 0.2) is 37.1 Å². The number of likely N-dealkylation sites (N-methyl/N-ethyl adjacent to an activating group) is 1. The number of nitrogens with zero attached hydrogens (tertiary/aromatic N) is 4. The lowest BCUT2D eigenvalue weighted by molar-refractivity contribution is 0.308. The fourth-order valence-corrected chi connectivity index (χ4v) is 2.86. The summed E-state index contributed by atoms with van der Waals surface area (Å²) in [4.78, 5) is 5.84. The van der Waals surface area contributed by atoms with Gasteiger partial charge >= 0.3 is 0 Å². The van der Waals surface area contributed by atoms with E-state index in [1.807, 2.05) is 4.57 Å². The Morgan fingerprint density at radius 2 is 1.91 bits per heavy atom. The van der Waals surface area contributed by atoms with Gasteiger partial charge in [0, 0.05) is 23.6 Å². The molecular formula is C17H23N5. The van der Waals surface area contributed by atoms with E-state index >= 15 is 0 Å². The minimum atomic E-state index is 0.809. The van der Waals surface area contributed by atoms with Crippen LogP contribution in [0.1, 0.15) is 25.0 Å². The average molecular weight is 297 g/mol. The summed E-state index contributed by atoms with van der Waals surface area (Å²) in [6.45, 7) is 8.57. The predicted octanol–water partition coefficient (Wildman–Crippen LogP) is 2.69. The smallest absolute Gasteiger partial charge is 0.119 e. The Kier molecular flexibility index (Phi) is 4.53. The molecule has 0 aliphatic carbocycles. The first kappa shape index (κ1) is 14.8. The van der Waals surface area contributed by atoms with Crippen molar-refractivity contribution in [2.45, 2.75) is 26.8 Å². The Morgan fingerprint density at radius 1 is 1.14 bits per heavy atom. The first-order chi connectivity index (χ1) is 10.8. The Morgan fingerprint density at radius 3 is 2.64 bits per heavy atom. The van der Waals surface area contributed by atoms with E-state index in [9.17, 15) is 0 Å². The second-order valence-electron chi connectivity index (χ2n) is 5.60. The Hall–Kier alpha value is -2.14. The third kappa shape index (κ3) is 3.20. The first-order valence-electron chi connectivity index (χ1n) is 7.93. The van der Waals surface area contributed by atoms with Gasteiger partial charge < -0.3 is 14.5 Å². The van der Waals surface area contributed by atoms with Gasteiger partial charge in [-0.05, 0) is 42.8 Å². The fraction of sp³-hybridized carbons (Fsp3) is 0.412. The molecule has 0 fully saturated rings. The van der Waals surface area contributed by atoms with Crippen molar-refractivity contribution in [2.75, 3.05) is 19.6 Å². The van der Waals surface area contributed by atoms with Crippen LogP contribution in [0.4, 0.5) is 0 Å². The molecule has 1 N–H and O–H groups in total. The number of rotatable bonds is 7. The maximum Gasteiger partial charge on any atom is 0.119 e. The van der Waals surface area contributed by atoms with Gasteiger partial charge in [0.15, 0.2) is 0 Å². The molecule has 0 bridgehead atoms. The highest BCUT2D eigenvalue weighted by molar-refractivity contribution is 5.83. The number of aromatic amines is 1. The molecule has 1 aromatic carbocycles.